The maximum Gasteiger partial charge on any atom is 0.211 e. The highest BCUT2D eigenvalue weighted by Crippen LogP contribution is 2.41. The van der Waals surface area contributed by atoms with Gasteiger partial charge in [-0.25, -0.2) is 0 Å². The lowest BCUT2D eigenvalue weighted by Gasteiger charge is -2.35. The molecule has 0 bridgehead atoms. The molecule has 4 aromatic heterocycles. The second-order valence-electron chi connectivity index (χ2n) is 19.2. The van der Waals surface area contributed by atoms with E-state index in [-0.39, 0.29) is 17.2 Å². The van der Waals surface area contributed by atoms with Gasteiger partial charge in [-0.1, -0.05) is 111 Å². The first kappa shape index (κ1) is 55.9. The molecular weight excluding hydrogens is 1160 g/mol. The van der Waals surface area contributed by atoms with Crippen molar-refractivity contribution in [3.8, 4) is 0 Å². The molecule has 3 unspecified atom stereocenters. The van der Waals surface area contributed by atoms with E-state index >= 15 is 0 Å². The standard InChI is InChI=1S/C18H19Cl2N3.C14H10Cl3N.C14H11Cl2NO.C14H9Cl2NO/c19-13-2-4-14-12(11-13)1-3-15-16(20)5-6-22-17(15)18(14)23-9-7-21-8-10-23;15-9-2-4-10-8(7-9)1-3-11-12(16)5-6-18-14(11)13(10)17;2*15-9-2-4-10-8(7-9)1-3-11-12(16)5-6-17-13(11)14(10)18/h2,4-6,11,18,21H,1,3,7-10H2;2,4-7,13H,1,3H2;2,4-7,14,18H,1,3H2;2,4-7H,1,3H2. The number of fused-ring (bicyclic) bond motifs is 8. The van der Waals surface area contributed by atoms with Crippen LogP contribution in [0, 0.1) is 0 Å². The maximum atomic E-state index is 12.4. The number of carbonyl (C=O) groups is 1. The number of ketones is 1. The number of aliphatic hydroxyl groups is 1. The number of hydrogen-bond donors (Lipinski definition) is 2. The number of pyridine rings is 4. The Morgan fingerprint density at radius 3 is 1.47 bits per heavy atom. The normalized spacial score (nSPS) is 17.9. The van der Waals surface area contributed by atoms with Crippen LogP contribution >= 0.6 is 104 Å². The monoisotopic (exact) mass is 1200 g/mol. The maximum absolute atomic E-state index is 12.4. The number of nitrogens with one attached hydrogen (secondary N) is 1. The number of aromatic nitrogens is 4. The number of hydrogen-bond acceptors (Lipinski definition) is 8. The number of benzene rings is 4. The fourth-order valence-corrected chi connectivity index (χ4v) is 13.0. The third-order valence-electron chi connectivity index (χ3n) is 14.7. The highest BCUT2D eigenvalue weighted by Gasteiger charge is 2.32. The Hall–Kier alpha value is -4.36. The van der Waals surface area contributed by atoms with Crippen molar-refractivity contribution in [1.82, 2.24) is 30.2 Å². The molecule has 4 aromatic carbocycles. The Morgan fingerprint density at radius 1 is 0.455 bits per heavy atom. The lowest BCUT2D eigenvalue weighted by Crippen LogP contribution is -2.45. The average molecular weight is 1210 g/mol. The zero-order chi connectivity index (χ0) is 53.9. The minimum absolute atomic E-state index is 0.0725. The van der Waals surface area contributed by atoms with Gasteiger partial charge in [0, 0.05) is 102 Å². The van der Waals surface area contributed by atoms with Gasteiger partial charge in [-0.3, -0.25) is 29.6 Å². The van der Waals surface area contributed by atoms with Crippen molar-refractivity contribution < 1.29 is 9.90 Å². The van der Waals surface area contributed by atoms with Crippen LogP contribution in [0.4, 0.5) is 0 Å². The van der Waals surface area contributed by atoms with E-state index in [0.717, 1.165) is 142 Å². The van der Waals surface area contributed by atoms with Gasteiger partial charge < -0.3 is 10.4 Å². The smallest absolute Gasteiger partial charge is 0.211 e. The zero-order valence-electron chi connectivity index (χ0n) is 41.3. The fourth-order valence-electron chi connectivity index (χ4n) is 10.8. The van der Waals surface area contributed by atoms with Gasteiger partial charge in [0.15, 0.2) is 0 Å². The molecule has 3 atom stereocenters. The summed E-state index contributed by atoms with van der Waals surface area (Å²) in [5.41, 5.74) is 15.5. The van der Waals surface area contributed by atoms with E-state index in [1.54, 1.807) is 48.9 Å². The molecule has 8 aromatic rings. The van der Waals surface area contributed by atoms with Gasteiger partial charge in [0.1, 0.15) is 17.2 Å². The zero-order valence-corrected chi connectivity index (χ0v) is 48.1. The van der Waals surface area contributed by atoms with Crippen LogP contribution in [0.2, 0.25) is 40.2 Å². The summed E-state index contributed by atoms with van der Waals surface area (Å²) in [6, 6.07) is 30.3. The van der Waals surface area contributed by atoms with Gasteiger partial charge in [-0.05, 0) is 186 Å². The van der Waals surface area contributed by atoms with Gasteiger partial charge in [-0.2, -0.15) is 0 Å². The van der Waals surface area contributed by atoms with Gasteiger partial charge in [0.05, 0.1) is 23.1 Å². The molecule has 0 amide bonds. The van der Waals surface area contributed by atoms with E-state index in [9.17, 15) is 9.90 Å². The van der Waals surface area contributed by atoms with E-state index in [1.165, 1.54) is 22.3 Å². The molecule has 4 aliphatic carbocycles. The second kappa shape index (κ2) is 25.0. The van der Waals surface area contributed by atoms with Crippen molar-refractivity contribution in [2.75, 3.05) is 26.2 Å². The average Bonchev–Trinajstić information content (AvgIpc) is 3.86. The summed E-state index contributed by atoms with van der Waals surface area (Å²) in [7, 11) is 0. The highest BCUT2D eigenvalue weighted by molar-refractivity contribution is 6.34. The van der Waals surface area contributed by atoms with E-state index in [1.807, 2.05) is 60.8 Å². The van der Waals surface area contributed by atoms with Crippen molar-refractivity contribution in [3.05, 3.63) is 252 Å². The van der Waals surface area contributed by atoms with E-state index < -0.39 is 6.10 Å². The predicted octanol–water partition coefficient (Wildman–Crippen LogP) is 15.6. The molecule has 77 heavy (non-hydrogen) atoms. The molecule has 5 aliphatic rings. The molecule has 5 heterocycles. The van der Waals surface area contributed by atoms with Crippen molar-refractivity contribution in [2.45, 2.75) is 68.9 Å². The largest absolute Gasteiger partial charge is 0.382 e. The van der Waals surface area contributed by atoms with Crippen LogP contribution in [0.3, 0.4) is 0 Å². The highest BCUT2D eigenvalue weighted by atomic mass is 35.5. The molecule has 1 aliphatic heterocycles. The van der Waals surface area contributed by atoms with Crippen LogP contribution in [0.1, 0.15) is 112 Å². The third-order valence-corrected chi connectivity index (χ3v) is 17.4. The number of alkyl halides is 1. The van der Waals surface area contributed by atoms with Crippen LogP contribution in [0.15, 0.2) is 122 Å². The van der Waals surface area contributed by atoms with Crippen LogP contribution in [-0.4, -0.2) is 61.9 Å². The van der Waals surface area contributed by atoms with Gasteiger partial charge in [-0.15, -0.1) is 11.6 Å². The molecule has 1 saturated heterocycles. The van der Waals surface area contributed by atoms with Crippen LogP contribution in [0.5, 0.6) is 0 Å². The molecule has 394 valence electrons. The first-order chi connectivity index (χ1) is 37.2. The Morgan fingerprint density at radius 2 is 0.870 bits per heavy atom. The predicted molar refractivity (Wildman–Crippen MR) is 314 cm³/mol. The summed E-state index contributed by atoms with van der Waals surface area (Å²) < 4.78 is 0. The SMILES string of the molecule is Clc1ccc2c(c1)CCc1c(Cl)ccnc1C2Cl.Clc1ccc2c(c1)CCc1c(Cl)ccnc1C2N1CCNCC1.O=C1c2ccc(Cl)cc2CCc2c(Cl)ccnc21.OC1c2ccc(Cl)cc2CCc2c(Cl)ccnc21. The quantitative estimate of drug-likeness (QED) is 0.157. The number of aryl methyl sites for hydroxylation is 4. The number of carbonyl (C=O) groups excluding carboxylic acids is 1. The molecule has 13 rings (SSSR count). The first-order valence-electron chi connectivity index (χ1n) is 25.2. The van der Waals surface area contributed by atoms with E-state index in [4.69, 9.17) is 109 Å². The number of nitrogens with zero attached hydrogens (tertiary/aromatic N) is 5. The minimum Gasteiger partial charge on any atom is -0.382 e. The number of halogens is 9. The molecule has 2 N–H and O–H groups in total. The lowest BCUT2D eigenvalue weighted by molar-refractivity contribution is 0.103. The Bertz CT molecular complexity index is 3410. The molecule has 0 radical (unpaired) electrons. The van der Waals surface area contributed by atoms with Crippen molar-refractivity contribution in [2.24, 2.45) is 0 Å². The van der Waals surface area contributed by atoms with E-state index in [0.29, 0.717) is 43.5 Å². The third kappa shape index (κ3) is 12.4. The molecular formula is C60H49Cl9N6O2. The second-order valence-corrected chi connectivity index (χ2v) is 23.0. The van der Waals surface area contributed by atoms with Gasteiger partial charge in [0.25, 0.3) is 0 Å². The molecule has 0 spiro atoms. The number of rotatable bonds is 1. The van der Waals surface area contributed by atoms with Gasteiger partial charge in [0.2, 0.25) is 5.78 Å². The summed E-state index contributed by atoms with van der Waals surface area (Å²) in [5, 5.41) is 19.3. The molecule has 1 fully saturated rings. The Balaban J connectivity index is 0.000000117. The Kier molecular flexibility index (Phi) is 18.1. The van der Waals surface area contributed by atoms with Gasteiger partial charge >= 0.3 is 0 Å². The van der Waals surface area contributed by atoms with Crippen molar-refractivity contribution in [1.29, 1.82) is 0 Å². The fraction of sp³-hybridized carbons (Fsp3) is 0.250. The molecule has 0 saturated carbocycles. The molecule has 17 heteroatoms. The summed E-state index contributed by atoms with van der Waals surface area (Å²) in [5.74, 6) is -0.0725. The summed E-state index contributed by atoms with van der Waals surface area (Å²) in [6.45, 7) is 4.05. The number of aliphatic hydroxyl groups excluding tert-OH is 1. The topological polar surface area (TPSA) is 104 Å². The van der Waals surface area contributed by atoms with Crippen molar-refractivity contribution >= 4 is 110 Å². The number of piperazine rings is 1. The summed E-state index contributed by atoms with van der Waals surface area (Å²) in [6.07, 6.45) is 12.7. The Labute approximate surface area is 493 Å². The van der Waals surface area contributed by atoms with Crippen molar-refractivity contribution in [3.63, 3.8) is 0 Å². The van der Waals surface area contributed by atoms with E-state index in [2.05, 4.69) is 37.3 Å². The van der Waals surface area contributed by atoms with Crippen LogP contribution in [-0.2, 0) is 51.4 Å². The van der Waals surface area contributed by atoms with Crippen LogP contribution < -0.4 is 5.32 Å². The first-order valence-corrected chi connectivity index (χ1v) is 28.7. The lowest BCUT2D eigenvalue weighted by atomic mass is 9.96. The summed E-state index contributed by atoms with van der Waals surface area (Å²) >= 11 is 55.8. The minimum atomic E-state index is -0.728. The summed E-state index contributed by atoms with van der Waals surface area (Å²) in [4.78, 5) is 32.5. The van der Waals surface area contributed by atoms with Crippen LogP contribution in [0.25, 0.3) is 0 Å². The molecule has 8 nitrogen and oxygen atoms in total.